The van der Waals surface area contributed by atoms with Crippen molar-refractivity contribution in [1.82, 2.24) is 9.88 Å². The van der Waals surface area contributed by atoms with Crippen molar-refractivity contribution in [2.24, 2.45) is 5.92 Å². The maximum absolute atomic E-state index is 14.1. The second kappa shape index (κ2) is 9.57. The molecular formula is C23H24ClF4N3O3S. The lowest BCUT2D eigenvalue weighted by atomic mass is 9.99. The Morgan fingerprint density at radius 3 is 2.49 bits per heavy atom. The molecule has 1 amide bonds. The highest BCUT2D eigenvalue weighted by Crippen LogP contribution is 2.38. The minimum Gasteiger partial charge on any atom is -0.380 e. The van der Waals surface area contributed by atoms with E-state index in [0.29, 0.717) is 34.0 Å². The van der Waals surface area contributed by atoms with E-state index in [2.05, 4.69) is 10.3 Å². The van der Waals surface area contributed by atoms with Gasteiger partial charge in [-0.15, -0.1) is 0 Å². The van der Waals surface area contributed by atoms with Crippen LogP contribution in [0.5, 0.6) is 0 Å². The van der Waals surface area contributed by atoms with Crippen molar-refractivity contribution in [3.8, 4) is 0 Å². The van der Waals surface area contributed by atoms with Crippen LogP contribution in [0.1, 0.15) is 35.7 Å². The molecule has 1 aliphatic heterocycles. The number of nitrogens with one attached hydrogen (secondary N) is 1. The van der Waals surface area contributed by atoms with Gasteiger partial charge in [-0.2, -0.15) is 13.2 Å². The third kappa shape index (κ3) is 5.72. The predicted octanol–water partition coefficient (Wildman–Crippen LogP) is 4.34. The highest BCUT2D eigenvalue weighted by Gasteiger charge is 2.47. The van der Waals surface area contributed by atoms with Gasteiger partial charge in [-0.3, -0.25) is 9.78 Å². The Hall–Kier alpha value is -2.40. The first kappa shape index (κ1) is 25.7. The molecule has 2 atom stereocenters. The molecule has 0 bridgehead atoms. The number of fused-ring (bicyclic) bond motifs is 1. The van der Waals surface area contributed by atoms with Gasteiger partial charge in [0, 0.05) is 24.0 Å². The Morgan fingerprint density at radius 1 is 1.20 bits per heavy atom. The van der Waals surface area contributed by atoms with Gasteiger partial charge in [0.1, 0.15) is 15.7 Å². The van der Waals surface area contributed by atoms with Crippen LogP contribution in [0.25, 0.3) is 0 Å². The average Bonchev–Trinajstić information content (AvgIpc) is 3.16. The number of aromatic nitrogens is 1. The van der Waals surface area contributed by atoms with E-state index >= 15 is 0 Å². The first-order valence-electron chi connectivity index (χ1n) is 11.1. The summed E-state index contributed by atoms with van der Waals surface area (Å²) in [6.45, 7) is 0. The molecule has 2 heterocycles. The number of halogens is 5. The van der Waals surface area contributed by atoms with E-state index in [9.17, 15) is 30.8 Å². The van der Waals surface area contributed by atoms with E-state index in [1.165, 1.54) is 24.4 Å². The van der Waals surface area contributed by atoms with Gasteiger partial charge in [-0.05, 0) is 61.1 Å². The Bertz CT molecular complexity index is 1210. The van der Waals surface area contributed by atoms with E-state index in [1.807, 2.05) is 0 Å². The fourth-order valence-electron chi connectivity index (χ4n) is 4.78. The second-order valence-electron chi connectivity index (χ2n) is 9.07. The van der Waals surface area contributed by atoms with Crippen LogP contribution >= 0.6 is 11.6 Å². The van der Waals surface area contributed by atoms with Gasteiger partial charge < -0.3 is 10.2 Å². The summed E-state index contributed by atoms with van der Waals surface area (Å²) in [4.78, 5) is 17.4. The fraction of sp³-hybridized carbons (Fsp3) is 0.478. The minimum absolute atomic E-state index is 0.00194. The SMILES string of the molecule is CN(C(=O)C1CCS(=O)(=O)CC1)[C@@H](c1ccc(NC2Cc3cc(Cl)cc(F)c3C2)cn1)C(F)(F)F. The zero-order chi connectivity index (χ0) is 25.5. The number of hydrogen-bond donors (Lipinski definition) is 1. The van der Waals surface area contributed by atoms with Crippen molar-refractivity contribution in [2.75, 3.05) is 23.9 Å². The van der Waals surface area contributed by atoms with Gasteiger partial charge in [-0.1, -0.05) is 11.6 Å². The number of benzene rings is 1. The topological polar surface area (TPSA) is 79.4 Å². The lowest BCUT2D eigenvalue weighted by Gasteiger charge is -2.33. The van der Waals surface area contributed by atoms with Gasteiger partial charge in [0.05, 0.1) is 29.1 Å². The molecule has 2 aromatic rings. The molecule has 1 saturated heterocycles. The molecular weight excluding hydrogens is 510 g/mol. The number of amides is 1. The Morgan fingerprint density at radius 2 is 1.89 bits per heavy atom. The summed E-state index contributed by atoms with van der Waals surface area (Å²) in [6.07, 6.45) is -2.61. The number of alkyl halides is 3. The molecule has 1 aromatic carbocycles. The predicted molar refractivity (Wildman–Crippen MR) is 123 cm³/mol. The van der Waals surface area contributed by atoms with Crippen LogP contribution in [-0.4, -0.2) is 55.0 Å². The van der Waals surface area contributed by atoms with E-state index in [1.54, 1.807) is 6.07 Å². The van der Waals surface area contributed by atoms with Crippen LogP contribution in [0, 0.1) is 11.7 Å². The normalized spacial score (nSPS) is 20.8. The molecule has 2 aliphatic rings. The molecule has 1 aromatic heterocycles. The number of anilines is 1. The number of rotatable bonds is 5. The summed E-state index contributed by atoms with van der Waals surface area (Å²) in [6, 6.07) is 3.16. The van der Waals surface area contributed by atoms with Crippen LogP contribution in [-0.2, 0) is 27.5 Å². The van der Waals surface area contributed by atoms with Gasteiger partial charge in [-0.25, -0.2) is 12.8 Å². The third-order valence-corrected chi connectivity index (χ3v) is 8.49. The van der Waals surface area contributed by atoms with Crippen LogP contribution in [0.15, 0.2) is 30.5 Å². The standard InChI is InChI=1S/C23H24ClF4N3O3S/c1-31(22(32)13-4-6-35(33,34)7-5-13)21(23(26,27)28)20-3-2-16(12-29-20)30-17-9-14-8-15(24)10-19(25)18(14)11-17/h2-3,8,10,12-13,17,21,30H,4-7,9,11H2,1H3/t17?,21-/m0/s1. The number of hydrogen-bond acceptors (Lipinski definition) is 5. The smallest absolute Gasteiger partial charge is 0.380 e. The lowest BCUT2D eigenvalue weighted by molar-refractivity contribution is -0.191. The quantitative estimate of drug-likeness (QED) is 0.578. The Kier molecular flexibility index (Phi) is 7.02. The van der Waals surface area contributed by atoms with Crippen LogP contribution < -0.4 is 5.32 Å². The largest absolute Gasteiger partial charge is 0.414 e. The van der Waals surface area contributed by atoms with E-state index in [-0.39, 0.29) is 41.9 Å². The molecule has 0 saturated carbocycles. The molecule has 1 fully saturated rings. The van der Waals surface area contributed by atoms with Gasteiger partial charge in [0.25, 0.3) is 0 Å². The number of carbonyl (C=O) groups is 1. The van der Waals surface area contributed by atoms with Crippen LogP contribution in [0.2, 0.25) is 5.02 Å². The number of nitrogens with zero attached hydrogens (tertiary/aromatic N) is 2. The molecule has 35 heavy (non-hydrogen) atoms. The van der Waals surface area contributed by atoms with E-state index in [0.717, 1.165) is 12.6 Å². The number of carbonyl (C=O) groups excluding carboxylic acids is 1. The zero-order valence-corrected chi connectivity index (χ0v) is 20.4. The maximum Gasteiger partial charge on any atom is 0.414 e. The average molecular weight is 534 g/mol. The number of sulfone groups is 1. The molecule has 12 heteroatoms. The fourth-order valence-corrected chi connectivity index (χ4v) is 6.50. The van der Waals surface area contributed by atoms with Crippen molar-refractivity contribution >= 4 is 33.0 Å². The summed E-state index contributed by atoms with van der Waals surface area (Å²) in [5.74, 6) is -2.36. The first-order valence-corrected chi connectivity index (χ1v) is 13.3. The molecule has 4 rings (SSSR count). The third-order valence-electron chi connectivity index (χ3n) is 6.56. The Labute approximate surface area is 205 Å². The molecule has 190 valence electrons. The van der Waals surface area contributed by atoms with Crippen molar-refractivity contribution in [2.45, 2.75) is 43.9 Å². The summed E-state index contributed by atoms with van der Waals surface area (Å²) >= 11 is 5.91. The second-order valence-corrected chi connectivity index (χ2v) is 11.8. The summed E-state index contributed by atoms with van der Waals surface area (Å²) < 4.78 is 79.3. The molecule has 0 radical (unpaired) electrons. The number of pyridine rings is 1. The highest BCUT2D eigenvalue weighted by molar-refractivity contribution is 7.91. The maximum atomic E-state index is 14.1. The van der Waals surface area contributed by atoms with Gasteiger partial charge in [0.2, 0.25) is 5.91 Å². The van der Waals surface area contributed by atoms with E-state index < -0.39 is 33.9 Å². The molecule has 1 unspecified atom stereocenters. The Balaban J connectivity index is 1.46. The zero-order valence-electron chi connectivity index (χ0n) is 18.8. The lowest BCUT2D eigenvalue weighted by Crippen LogP contribution is -2.44. The van der Waals surface area contributed by atoms with Crippen molar-refractivity contribution in [3.63, 3.8) is 0 Å². The monoisotopic (exact) mass is 533 g/mol. The van der Waals surface area contributed by atoms with Crippen LogP contribution in [0.4, 0.5) is 23.2 Å². The van der Waals surface area contributed by atoms with Gasteiger partial charge >= 0.3 is 6.18 Å². The highest BCUT2D eigenvalue weighted by atomic mass is 35.5. The van der Waals surface area contributed by atoms with Gasteiger partial charge in [0.15, 0.2) is 6.04 Å². The van der Waals surface area contributed by atoms with Crippen molar-refractivity contribution in [3.05, 3.63) is 58.1 Å². The minimum atomic E-state index is -4.78. The van der Waals surface area contributed by atoms with Crippen LogP contribution in [0.3, 0.4) is 0 Å². The van der Waals surface area contributed by atoms with Crippen molar-refractivity contribution < 1.29 is 30.8 Å². The first-order chi connectivity index (χ1) is 16.3. The summed E-state index contributed by atoms with van der Waals surface area (Å²) in [5.41, 5.74) is 1.45. The van der Waals surface area contributed by atoms with E-state index in [4.69, 9.17) is 11.6 Å². The molecule has 1 aliphatic carbocycles. The molecule has 0 spiro atoms. The summed E-state index contributed by atoms with van der Waals surface area (Å²) in [5, 5.41) is 3.47. The summed E-state index contributed by atoms with van der Waals surface area (Å²) in [7, 11) is -2.19. The molecule has 1 N–H and O–H groups in total. The molecule has 6 nitrogen and oxygen atoms in total. The van der Waals surface area contributed by atoms with Crippen molar-refractivity contribution in [1.29, 1.82) is 0 Å².